The summed E-state index contributed by atoms with van der Waals surface area (Å²) in [6, 6.07) is -0.625. The van der Waals surface area contributed by atoms with Crippen molar-refractivity contribution in [3.63, 3.8) is 0 Å². The molecule has 4 N–H and O–H groups in total. The second-order valence-electron chi connectivity index (χ2n) is 8.74. The fourth-order valence-electron chi connectivity index (χ4n) is 3.84. The Balaban J connectivity index is 1.84. The molecule has 3 rings (SSSR count). The largest absolute Gasteiger partial charge is 0.496 e. The average Bonchev–Trinajstić information content (AvgIpc) is 3.12. The molecular formula is C25H31ClN6O3. The number of anilines is 1. The van der Waals surface area contributed by atoms with E-state index >= 15 is 0 Å². The van der Waals surface area contributed by atoms with Gasteiger partial charge in [-0.25, -0.2) is 4.98 Å². The first kappa shape index (κ1) is 26.3. The van der Waals surface area contributed by atoms with Crippen LogP contribution in [0.3, 0.4) is 0 Å². The second kappa shape index (κ2) is 11.4. The van der Waals surface area contributed by atoms with Crippen molar-refractivity contribution in [2.24, 2.45) is 11.7 Å². The van der Waals surface area contributed by atoms with Crippen LogP contribution in [0.2, 0.25) is 5.15 Å². The van der Waals surface area contributed by atoms with Gasteiger partial charge in [0, 0.05) is 29.9 Å². The van der Waals surface area contributed by atoms with Crippen LogP contribution in [0.5, 0.6) is 5.75 Å². The van der Waals surface area contributed by atoms with E-state index in [-0.39, 0.29) is 17.7 Å². The van der Waals surface area contributed by atoms with Gasteiger partial charge in [0.25, 0.3) is 0 Å². The Labute approximate surface area is 210 Å². The van der Waals surface area contributed by atoms with Gasteiger partial charge < -0.3 is 25.5 Å². The highest BCUT2D eigenvalue weighted by molar-refractivity contribution is 6.34. The lowest BCUT2D eigenvalue weighted by atomic mass is 10.1. The third kappa shape index (κ3) is 6.21. The molecule has 0 aliphatic heterocycles. The molecule has 186 valence electrons. The molecule has 0 aromatic carbocycles. The van der Waals surface area contributed by atoms with E-state index in [1.54, 1.807) is 13.3 Å². The lowest BCUT2D eigenvalue weighted by Crippen LogP contribution is -2.33. The van der Waals surface area contributed by atoms with E-state index in [9.17, 15) is 4.79 Å². The van der Waals surface area contributed by atoms with E-state index < -0.39 is 12.0 Å². The Morgan fingerprint density at radius 3 is 2.71 bits per heavy atom. The molecule has 3 heterocycles. The summed E-state index contributed by atoms with van der Waals surface area (Å²) in [7, 11) is 1.64. The minimum absolute atomic E-state index is 0.0668. The van der Waals surface area contributed by atoms with Crippen LogP contribution in [0, 0.1) is 31.6 Å². The van der Waals surface area contributed by atoms with Gasteiger partial charge in [-0.1, -0.05) is 37.3 Å². The van der Waals surface area contributed by atoms with E-state index in [1.807, 2.05) is 38.5 Å². The van der Waals surface area contributed by atoms with Crippen LogP contribution in [0.25, 0.3) is 11.0 Å². The first-order chi connectivity index (χ1) is 16.6. The first-order valence-electron chi connectivity index (χ1n) is 11.3. The van der Waals surface area contributed by atoms with Gasteiger partial charge in [0.05, 0.1) is 30.3 Å². The highest BCUT2D eigenvalue weighted by Crippen LogP contribution is 2.29. The molecule has 0 aliphatic carbocycles. The minimum Gasteiger partial charge on any atom is -0.496 e. The van der Waals surface area contributed by atoms with Crippen LogP contribution in [0.1, 0.15) is 49.1 Å². The second-order valence-corrected chi connectivity index (χ2v) is 9.10. The maximum Gasteiger partial charge on any atom is 0.322 e. The van der Waals surface area contributed by atoms with Crippen molar-refractivity contribution in [1.29, 1.82) is 0 Å². The van der Waals surface area contributed by atoms with Gasteiger partial charge in [-0.3, -0.25) is 9.78 Å². The zero-order chi connectivity index (χ0) is 25.7. The number of rotatable bonds is 8. The van der Waals surface area contributed by atoms with E-state index in [4.69, 9.17) is 32.5 Å². The maximum absolute atomic E-state index is 12.0. The molecule has 0 bridgehead atoms. The average molecular weight is 499 g/mol. The SMILES string of the molecule is COc1c(C)cnc(Cn2cc(C#CCCOC(=O)[C@H](N)CC(C)C)c3c(Cl)nc(N)nc32)c1C. The van der Waals surface area contributed by atoms with Crippen LogP contribution in [-0.4, -0.2) is 45.2 Å². The molecule has 0 spiro atoms. The summed E-state index contributed by atoms with van der Waals surface area (Å²) in [4.78, 5) is 25.0. The summed E-state index contributed by atoms with van der Waals surface area (Å²) in [6.07, 6.45) is 4.54. The Morgan fingerprint density at radius 1 is 1.29 bits per heavy atom. The summed E-state index contributed by atoms with van der Waals surface area (Å²) in [5, 5.41) is 0.814. The molecule has 9 nitrogen and oxygen atoms in total. The third-order valence-electron chi connectivity index (χ3n) is 5.48. The number of ether oxygens (including phenoxy) is 2. The van der Waals surface area contributed by atoms with E-state index in [0.717, 1.165) is 22.6 Å². The molecule has 0 unspecified atom stereocenters. The van der Waals surface area contributed by atoms with Crippen LogP contribution < -0.4 is 16.2 Å². The van der Waals surface area contributed by atoms with Gasteiger partial charge in [0.2, 0.25) is 5.95 Å². The van der Waals surface area contributed by atoms with Crippen molar-refractivity contribution in [3.05, 3.63) is 39.9 Å². The predicted molar refractivity (Wildman–Crippen MR) is 136 cm³/mol. The number of fused-ring (bicyclic) bond motifs is 1. The fourth-order valence-corrected chi connectivity index (χ4v) is 4.11. The molecule has 0 radical (unpaired) electrons. The smallest absolute Gasteiger partial charge is 0.322 e. The fraction of sp³-hybridized carbons (Fsp3) is 0.440. The van der Waals surface area contributed by atoms with Crippen molar-refractivity contribution >= 4 is 34.6 Å². The maximum atomic E-state index is 12.0. The number of esters is 1. The number of nitrogens with zero attached hydrogens (tertiary/aromatic N) is 4. The van der Waals surface area contributed by atoms with Gasteiger partial charge in [0.15, 0.2) is 0 Å². The molecule has 3 aromatic heterocycles. The Kier molecular flexibility index (Phi) is 8.54. The molecule has 35 heavy (non-hydrogen) atoms. The number of hydrogen-bond acceptors (Lipinski definition) is 8. The van der Waals surface area contributed by atoms with Crippen LogP contribution in [0.4, 0.5) is 5.95 Å². The van der Waals surface area contributed by atoms with Crippen molar-refractivity contribution in [2.45, 2.75) is 53.1 Å². The number of carbonyl (C=O) groups excluding carboxylic acids is 1. The van der Waals surface area contributed by atoms with Gasteiger partial charge in [-0.2, -0.15) is 4.98 Å². The van der Waals surface area contributed by atoms with Crippen LogP contribution in [0.15, 0.2) is 12.4 Å². The Bertz CT molecular complexity index is 1290. The van der Waals surface area contributed by atoms with Crippen molar-refractivity contribution in [2.75, 3.05) is 19.5 Å². The number of nitrogens with two attached hydrogens (primary N) is 2. The van der Waals surface area contributed by atoms with Crippen LogP contribution >= 0.6 is 11.6 Å². The number of carbonyl (C=O) groups is 1. The molecule has 3 aromatic rings. The zero-order valence-corrected chi connectivity index (χ0v) is 21.4. The number of hydrogen-bond donors (Lipinski definition) is 2. The van der Waals surface area contributed by atoms with Gasteiger partial charge >= 0.3 is 5.97 Å². The number of methoxy groups -OCH3 is 1. The third-order valence-corrected chi connectivity index (χ3v) is 5.76. The number of pyridine rings is 1. The van der Waals surface area contributed by atoms with Crippen LogP contribution in [-0.2, 0) is 16.1 Å². The van der Waals surface area contributed by atoms with Crippen molar-refractivity contribution in [3.8, 4) is 17.6 Å². The lowest BCUT2D eigenvalue weighted by molar-refractivity contribution is -0.145. The summed E-state index contributed by atoms with van der Waals surface area (Å²) >= 11 is 6.41. The van der Waals surface area contributed by atoms with E-state index in [2.05, 4.69) is 26.8 Å². The molecule has 0 aliphatic rings. The normalized spacial score (nSPS) is 11.9. The molecular weight excluding hydrogens is 468 g/mol. The molecule has 10 heteroatoms. The Morgan fingerprint density at radius 2 is 2.03 bits per heavy atom. The standard InChI is InChI=1S/C25H31ClN6O3/c1-14(2)10-18(27)24(33)35-9-7-6-8-17-12-32(23-20(17)22(26)30-25(28)31-23)13-19-16(4)21(34-5)15(3)11-29-19/h11-12,14,18H,7,9-10,13,27H2,1-5H3,(H2,28,30,31)/t18-/m1/s1. The highest BCUT2D eigenvalue weighted by atomic mass is 35.5. The number of aromatic nitrogens is 4. The van der Waals surface area contributed by atoms with Gasteiger partial charge in [-0.15, -0.1) is 0 Å². The zero-order valence-electron chi connectivity index (χ0n) is 20.7. The molecule has 0 saturated heterocycles. The monoisotopic (exact) mass is 498 g/mol. The molecule has 1 atom stereocenters. The summed E-state index contributed by atoms with van der Waals surface area (Å²) < 4.78 is 12.7. The van der Waals surface area contributed by atoms with E-state index in [1.165, 1.54) is 0 Å². The summed E-state index contributed by atoms with van der Waals surface area (Å²) in [5.74, 6) is 6.87. The number of nitrogen functional groups attached to an aromatic ring is 1. The first-order valence-corrected chi connectivity index (χ1v) is 11.7. The topological polar surface area (TPSA) is 131 Å². The van der Waals surface area contributed by atoms with Gasteiger partial charge in [-0.05, 0) is 26.2 Å². The summed E-state index contributed by atoms with van der Waals surface area (Å²) in [6.45, 7) is 8.49. The number of halogens is 1. The molecule has 0 amide bonds. The highest BCUT2D eigenvalue weighted by Gasteiger charge is 2.18. The lowest BCUT2D eigenvalue weighted by Gasteiger charge is -2.13. The molecule has 0 saturated carbocycles. The van der Waals surface area contributed by atoms with Gasteiger partial charge in [0.1, 0.15) is 29.2 Å². The quantitative estimate of drug-likeness (QED) is 0.209. The number of aryl methyl sites for hydroxylation is 1. The van der Waals surface area contributed by atoms with Crippen molar-refractivity contribution < 1.29 is 14.3 Å². The predicted octanol–water partition coefficient (Wildman–Crippen LogP) is 3.39. The minimum atomic E-state index is -0.625. The molecule has 0 fully saturated rings. The summed E-state index contributed by atoms with van der Waals surface area (Å²) in [5.41, 5.74) is 15.6. The Hall–Kier alpha value is -3.35. The van der Waals surface area contributed by atoms with E-state index in [0.29, 0.717) is 41.9 Å². The van der Waals surface area contributed by atoms with Crippen molar-refractivity contribution in [1.82, 2.24) is 19.5 Å².